The van der Waals surface area contributed by atoms with Gasteiger partial charge in [-0.05, 0) is 6.07 Å². The molecule has 0 aromatic carbocycles. The fourth-order valence-corrected chi connectivity index (χ4v) is 4.77. The molecule has 3 aliphatic rings. The summed E-state index contributed by atoms with van der Waals surface area (Å²) in [6, 6.07) is 3.88. The zero-order valence-electron chi connectivity index (χ0n) is 18.5. The molecule has 6 heterocycles. The molecule has 172 valence electrons. The topological polar surface area (TPSA) is 108 Å². The Hall–Kier alpha value is -3.01. The number of H-pyrrole nitrogens is 1. The number of hydrogen-bond donors (Lipinski definition) is 2. The summed E-state index contributed by atoms with van der Waals surface area (Å²) in [7, 11) is 0. The number of rotatable bonds is 5. The SMILES string of the molecule is CC(=O)Nc1cc2c(-c3cc(OCC4COC4)c4c(n3)C3(CCOC3)OCC4)c[nH]c2cn1. The van der Waals surface area contributed by atoms with Crippen molar-refractivity contribution in [1.82, 2.24) is 15.0 Å². The van der Waals surface area contributed by atoms with E-state index in [1.54, 1.807) is 6.20 Å². The number of amides is 1. The molecular weight excluding hydrogens is 424 g/mol. The average Bonchev–Trinajstić information content (AvgIpc) is 3.40. The van der Waals surface area contributed by atoms with E-state index >= 15 is 0 Å². The van der Waals surface area contributed by atoms with Gasteiger partial charge in [0.15, 0.2) is 0 Å². The van der Waals surface area contributed by atoms with Crippen LogP contribution in [0.5, 0.6) is 5.75 Å². The third kappa shape index (κ3) is 3.66. The standard InChI is InChI=1S/C24H26N4O5/c1-14(29)27-22-6-17-18(8-25-20(17)9-26-22)19-7-21(32-12-15-10-31-11-15)16-2-4-33-24(23(16)28-19)3-5-30-13-24/h6-9,15,25H,2-5,10-13H2,1H3,(H,26,27,29). The molecule has 3 aromatic heterocycles. The van der Waals surface area contributed by atoms with Gasteiger partial charge in [0.25, 0.3) is 0 Å². The van der Waals surface area contributed by atoms with Gasteiger partial charge in [-0.1, -0.05) is 0 Å². The molecular formula is C24H26N4O5. The molecule has 0 aliphatic carbocycles. The fraction of sp³-hybridized carbons (Fsp3) is 0.458. The summed E-state index contributed by atoms with van der Waals surface area (Å²) in [6.45, 7) is 5.33. The number of pyridine rings is 2. The minimum atomic E-state index is -0.531. The van der Waals surface area contributed by atoms with Crippen molar-refractivity contribution >= 4 is 22.6 Å². The number of nitrogens with zero attached hydrogens (tertiary/aromatic N) is 2. The Morgan fingerprint density at radius 3 is 2.97 bits per heavy atom. The van der Waals surface area contributed by atoms with E-state index in [9.17, 15) is 4.79 Å². The first-order valence-corrected chi connectivity index (χ1v) is 11.3. The predicted molar refractivity (Wildman–Crippen MR) is 120 cm³/mol. The summed E-state index contributed by atoms with van der Waals surface area (Å²) >= 11 is 0. The lowest BCUT2D eigenvalue weighted by atomic mass is 9.89. The molecule has 3 aliphatic heterocycles. The Labute approximate surface area is 190 Å². The molecule has 9 nitrogen and oxygen atoms in total. The molecule has 1 unspecified atom stereocenters. The number of aromatic nitrogens is 3. The van der Waals surface area contributed by atoms with Gasteiger partial charge in [-0.25, -0.2) is 9.97 Å². The molecule has 2 saturated heterocycles. The highest BCUT2D eigenvalue weighted by Crippen LogP contribution is 2.44. The van der Waals surface area contributed by atoms with Crippen molar-refractivity contribution in [1.29, 1.82) is 0 Å². The molecule has 1 amide bonds. The van der Waals surface area contributed by atoms with E-state index in [-0.39, 0.29) is 5.91 Å². The number of nitrogens with one attached hydrogen (secondary N) is 2. The van der Waals surface area contributed by atoms with Crippen LogP contribution in [0.4, 0.5) is 5.82 Å². The lowest BCUT2D eigenvalue weighted by molar-refractivity contribution is -0.114. The third-order valence-electron chi connectivity index (χ3n) is 6.56. The van der Waals surface area contributed by atoms with Crippen LogP contribution in [-0.2, 0) is 31.0 Å². The van der Waals surface area contributed by atoms with Crippen LogP contribution in [0.3, 0.4) is 0 Å². The third-order valence-corrected chi connectivity index (χ3v) is 6.56. The highest BCUT2D eigenvalue weighted by Gasteiger charge is 2.44. The van der Waals surface area contributed by atoms with Crippen LogP contribution >= 0.6 is 0 Å². The molecule has 1 spiro atoms. The molecule has 2 fully saturated rings. The summed E-state index contributed by atoms with van der Waals surface area (Å²) in [5.41, 5.74) is 4.05. The van der Waals surface area contributed by atoms with Crippen LogP contribution in [0.1, 0.15) is 24.6 Å². The number of ether oxygens (including phenoxy) is 4. The van der Waals surface area contributed by atoms with E-state index in [0.717, 1.165) is 65.2 Å². The number of aromatic amines is 1. The van der Waals surface area contributed by atoms with E-state index in [1.807, 2.05) is 18.3 Å². The van der Waals surface area contributed by atoms with Crippen molar-refractivity contribution in [3.8, 4) is 17.0 Å². The molecule has 0 radical (unpaired) electrons. The van der Waals surface area contributed by atoms with Gasteiger partial charge < -0.3 is 29.2 Å². The van der Waals surface area contributed by atoms with Gasteiger partial charge in [-0.2, -0.15) is 0 Å². The molecule has 9 heteroatoms. The summed E-state index contributed by atoms with van der Waals surface area (Å²) in [5, 5.41) is 3.68. The quantitative estimate of drug-likeness (QED) is 0.615. The largest absolute Gasteiger partial charge is 0.493 e. The van der Waals surface area contributed by atoms with Crippen molar-refractivity contribution in [3.63, 3.8) is 0 Å². The second-order valence-corrected chi connectivity index (χ2v) is 8.94. The Balaban J connectivity index is 1.47. The van der Waals surface area contributed by atoms with Crippen LogP contribution in [0, 0.1) is 5.92 Å². The Bertz CT molecular complexity index is 1210. The second kappa shape index (κ2) is 8.09. The maximum absolute atomic E-state index is 11.5. The van der Waals surface area contributed by atoms with E-state index < -0.39 is 5.60 Å². The van der Waals surface area contributed by atoms with Gasteiger partial charge >= 0.3 is 0 Å². The molecule has 2 N–H and O–H groups in total. The summed E-state index contributed by atoms with van der Waals surface area (Å²) in [6.07, 6.45) is 5.16. The van der Waals surface area contributed by atoms with E-state index in [1.165, 1.54) is 6.92 Å². The van der Waals surface area contributed by atoms with Crippen LogP contribution in [-0.4, -0.2) is 60.5 Å². The van der Waals surface area contributed by atoms with Crippen molar-refractivity contribution in [3.05, 3.63) is 35.8 Å². The zero-order chi connectivity index (χ0) is 22.4. The Morgan fingerprint density at radius 2 is 2.21 bits per heavy atom. The molecule has 0 bridgehead atoms. The zero-order valence-corrected chi connectivity index (χ0v) is 18.5. The lowest BCUT2D eigenvalue weighted by Gasteiger charge is -2.35. The summed E-state index contributed by atoms with van der Waals surface area (Å²) in [4.78, 5) is 24.2. The number of carbonyl (C=O) groups is 1. The first-order valence-electron chi connectivity index (χ1n) is 11.3. The van der Waals surface area contributed by atoms with E-state index in [0.29, 0.717) is 38.2 Å². The maximum atomic E-state index is 11.5. The molecule has 0 saturated carbocycles. The first-order chi connectivity index (χ1) is 16.1. The Morgan fingerprint density at radius 1 is 1.30 bits per heavy atom. The number of carbonyl (C=O) groups excluding carboxylic acids is 1. The number of fused-ring (bicyclic) bond motifs is 3. The smallest absolute Gasteiger partial charge is 0.222 e. The molecule has 6 rings (SSSR count). The van der Waals surface area contributed by atoms with Gasteiger partial charge in [-0.3, -0.25) is 4.79 Å². The highest BCUT2D eigenvalue weighted by molar-refractivity contribution is 5.97. The van der Waals surface area contributed by atoms with E-state index in [4.69, 9.17) is 23.9 Å². The van der Waals surface area contributed by atoms with E-state index in [2.05, 4.69) is 15.3 Å². The fourth-order valence-electron chi connectivity index (χ4n) is 4.77. The average molecular weight is 450 g/mol. The van der Waals surface area contributed by atoms with Gasteiger partial charge in [0.2, 0.25) is 5.91 Å². The lowest BCUT2D eigenvalue weighted by Crippen LogP contribution is -2.38. The normalized spacial score (nSPS) is 22.3. The highest BCUT2D eigenvalue weighted by atomic mass is 16.6. The minimum absolute atomic E-state index is 0.165. The van der Waals surface area contributed by atoms with Crippen molar-refractivity contribution in [2.45, 2.75) is 25.4 Å². The van der Waals surface area contributed by atoms with Crippen LogP contribution < -0.4 is 10.1 Å². The maximum Gasteiger partial charge on any atom is 0.222 e. The van der Waals surface area contributed by atoms with Crippen LogP contribution in [0.15, 0.2) is 24.5 Å². The van der Waals surface area contributed by atoms with Crippen LogP contribution in [0.25, 0.3) is 22.2 Å². The van der Waals surface area contributed by atoms with Crippen molar-refractivity contribution in [2.75, 3.05) is 45.0 Å². The second-order valence-electron chi connectivity index (χ2n) is 8.94. The molecule has 33 heavy (non-hydrogen) atoms. The predicted octanol–water partition coefficient (Wildman–Crippen LogP) is 2.80. The molecule has 3 aromatic rings. The Kier molecular flexibility index (Phi) is 5.05. The van der Waals surface area contributed by atoms with Crippen LogP contribution in [0.2, 0.25) is 0 Å². The van der Waals surface area contributed by atoms with Crippen molar-refractivity contribution < 1.29 is 23.7 Å². The first kappa shape index (κ1) is 20.6. The number of hydrogen-bond acceptors (Lipinski definition) is 7. The van der Waals surface area contributed by atoms with Gasteiger partial charge in [0.05, 0.1) is 56.1 Å². The molecule has 1 atom stereocenters. The van der Waals surface area contributed by atoms with Gasteiger partial charge in [-0.15, -0.1) is 0 Å². The van der Waals surface area contributed by atoms with Gasteiger partial charge in [0.1, 0.15) is 17.2 Å². The monoisotopic (exact) mass is 450 g/mol. The minimum Gasteiger partial charge on any atom is -0.493 e. The van der Waals surface area contributed by atoms with Crippen molar-refractivity contribution in [2.24, 2.45) is 5.92 Å². The van der Waals surface area contributed by atoms with Gasteiger partial charge in [0, 0.05) is 61.1 Å². The summed E-state index contributed by atoms with van der Waals surface area (Å²) in [5.74, 6) is 1.60. The number of anilines is 1. The summed E-state index contributed by atoms with van der Waals surface area (Å²) < 4.78 is 23.7.